The Hall–Kier alpha value is -2.16. The van der Waals surface area contributed by atoms with Crippen LogP contribution in [0.5, 0.6) is 0 Å². The molecule has 156 valence electrons. The number of imide groups is 1. The highest BCUT2D eigenvalue weighted by molar-refractivity contribution is 5.94. The first-order valence-corrected chi connectivity index (χ1v) is 8.50. The summed E-state index contributed by atoms with van der Waals surface area (Å²) >= 11 is 0. The number of hydrogen-bond donors (Lipinski definition) is 1. The summed E-state index contributed by atoms with van der Waals surface area (Å²) in [7, 11) is 1.10. The first-order valence-electron chi connectivity index (χ1n) is 8.50. The Morgan fingerprint density at radius 3 is 1.81 bits per heavy atom. The zero-order chi connectivity index (χ0) is 21.4. The maximum absolute atomic E-state index is 13.1. The number of allylic oxidation sites excluding steroid dienone is 1. The van der Waals surface area contributed by atoms with E-state index in [-0.39, 0.29) is 12.8 Å². The highest BCUT2D eigenvalue weighted by atomic mass is 19.1. The number of ether oxygens (including phenoxy) is 3. The molecule has 1 N–H and O–H groups in total. The molecular weight excluding hydrogens is 361 g/mol. The molecule has 0 aromatic rings. The number of rotatable bonds is 6. The minimum atomic E-state index is -1.39. The first-order chi connectivity index (χ1) is 12.2. The molecule has 8 nitrogen and oxygen atoms in total. The molecular formula is C18H30FNO7. The number of amides is 2. The lowest BCUT2D eigenvalue weighted by Crippen LogP contribution is -2.52. The average Bonchev–Trinajstić information content (AvgIpc) is 2.49. The van der Waals surface area contributed by atoms with Crippen molar-refractivity contribution in [1.29, 1.82) is 0 Å². The van der Waals surface area contributed by atoms with E-state index in [0.717, 1.165) is 13.2 Å². The van der Waals surface area contributed by atoms with Crippen LogP contribution in [-0.2, 0) is 19.0 Å². The van der Waals surface area contributed by atoms with E-state index in [1.807, 2.05) is 0 Å². The van der Waals surface area contributed by atoms with Crippen molar-refractivity contribution in [2.45, 2.75) is 71.6 Å². The van der Waals surface area contributed by atoms with Gasteiger partial charge in [0.25, 0.3) is 0 Å². The van der Waals surface area contributed by atoms with Gasteiger partial charge in [0.2, 0.25) is 0 Å². The lowest BCUT2D eigenvalue weighted by molar-refractivity contribution is -0.146. The molecule has 27 heavy (non-hydrogen) atoms. The van der Waals surface area contributed by atoms with E-state index in [1.165, 1.54) is 0 Å². The Labute approximate surface area is 159 Å². The summed E-state index contributed by atoms with van der Waals surface area (Å²) in [5, 5.41) is 8.70. The fourth-order valence-electron chi connectivity index (χ4n) is 1.90. The number of nitrogens with zero attached hydrogens (tertiary/aromatic N) is 1. The van der Waals surface area contributed by atoms with Gasteiger partial charge in [0.1, 0.15) is 23.1 Å². The predicted octanol–water partition coefficient (Wildman–Crippen LogP) is 3.33. The third-order valence-corrected chi connectivity index (χ3v) is 2.92. The quantitative estimate of drug-likeness (QED) is 0.547. The smallest absolute Gasteiger partial charge is 0.420 e. The van der Waals surface area contributed by atoms with Gasteiger partial charge in [-0.05, 0) is 54.4 Å². The predicted molar refractivity (Wildman–Crippen MR) is 95.6 cm³/mol. The van der Waals surface area contributed by atoms with Crippen LogP contribution in [0, 0.1) is 0 Å². The van der Waals surface area contributed by atoms with Gasteiger partial charge < -0.3 is 19.3 Å². The Morgan fingerprint density at radius 1 is 1.04 bits per heavy atom. The highest BCUT2D eigenvalue weighted by Gasteiger charge is 2.40. The summed E-state index contributed by atoms with van der Waals surface area (Å²) in [6.45, 7) is 8.82. The maximum Gasteiger partial charge on any atom is 0.420 e. The van der Waals surface area contributed by atoms with Crippen LogP contribution in [-0.4, -0.2) is 59.1 Å². The maximum atomic E-state index is 13.1. The number of aliphatic hydroxyl groups excluding tert-OH is 1. The molecule has 1 atom stereocenters. The van der Waals surface area contributed by atoms with Crippen LogP contribution in [0.4, 0.5) is 14.0 Å². The van der Waals surface area contributed by atoms with Crippen LogP contribution in [0.1, 0.15) is 54.4 Å². The minimum Gasteiger partial charge on any atom is -0.467 e. The van der Waals surface area contributed by atoms with Gasteiger partial charge in [0.15, 0.2) is 0 Å². The number of carbonyl (C=O) groups is 3. The van der Waals surface area contributed by atoms with Crippen molar-refractivity contribution in [3.63, 3.8) is 0 Å². The van der Waals surface area contributed by atoms with Crippen LogP contribution in [0.3, 0.4) is 0 Å². The van der Waals surface area contributed by atoms with Gasteiger partial charge in [-0.3, -0.25) is 0 Å². The van der Waals surface area contributed by atoms with E-state index < -0.39 is 47.8 Å². The number of methoxy groups -OCH3 is 1. The molecule has 0 heterocycles. The third kappa shape index (κ3) is 9.93. The third-order valence-electron chi connectivity index (χ3n) is 2.92. The summed E-state index contributed by atoms with van der Waals surface area (Å²) < 4.78 is 28.2. The molecule has 0 rings (SSSR count). The number of carbonyl (C=O) groups excluding carboxylic acids is 3. The molecule has 0 saturated heterocycles. The zero-order valence-electron chi connectivity index (χ0n) is 17.0. The molecule has 0 aromatic heterocycles. The van der Waals surface area contributed by atoms with Crippen LogP contribution in [0.2, 0.25) is 0 Å². The molecule has 0 aliphatic heterocycles. The monoisotopic (exact) mass is 391 g/mol. The van der Waals surface area contributed by atoms with E-state index in [1.54, 1.807) is 41.5 Å². The van der Waals surface area contributed by atoms with Crippen LogP contribution >= 0.6 is 0 Å². The van der Waals surface area contributed by atoms with Crippen molar-refractivity contribution >= 4 is 18.2 Å². The Kier molecular flexibility index (Phi) is 9.43. The van der Waals surface area contributed by atoms with Crippen molar-refractivity contribution in [2.24, 2.45) is 0 Å². The number of hydrogen-bond acceptors (Lipinski definition) is 7. The van der Waals surface area contributed by atoms with E-state index in [4.69, 9.17) is 14.6 Å². The Morgan fingerprint density at radius 2 is 1.48 bits per heavy atom. The molecule has 9 heteroatoms. The SMILES string of the molecule is COC(=O)[C@H](CCC=C(F)CO)N(C(=O)OC(C)(C)C)C(=O)OC(C)(C)C. The zero-order valence-corrected chi connectivity index (χ0v) is 17.0. The molecule has 2 amide bonds. The highest BCUT2D eigenvalue weighted by Crippen LogP contribution is 2.20. The number of aliphatic hydroxyl groups is 1. The topological polar surface area (TPSA) is 102 Å². The van der Waals surface area contributed by atoms with Gasteiger partial charge in [0.05, 0.1) is 13.7 Å². The molecule has 0 aliphatic carbocycles. The van der Waals surface area contributed by atoms with Crippen molar-refractivity contribution in [1.82, 2.24) is 4.90 Å². The van der Waals surface area contributed by atoms with E-state index in [9.17, 15) is 18.8 Å². The van der Waals surface area contributed by atoms with E-state index >= 15 is 0 Å². The largest absolute Gasteiger partial charge is 0.467 e. The molecule has 0 unspecified atom stereocenters. The van der Waals surface area contributed by atoms with Gasteiger partial charge in [-0.15, -0.1) is 0 Å². The minimum absolute atomic E-state index is 0.0335. The Balaban J connectivity index is 5.77. The van der Waals surface area contributed by atoms with Gasteiger partial charge in [-0.25, -0.2) is 18.8 Å². The van der Waals surface area contributed by atoms with Crippen molar-refractivity contribution < 1.29 is 38.1 Å². The van der Waals surface area contributed by atoms with Crippen LogP contribution in [0.25, 0.3) is 0 Å². The second-order valence-electron chi connectivity index (χ2n) is 7.76. The molecule has 0 fully saturated rings. The van der Waals surface area contributed by atoms with Crippen LogP contribution < -0.4 is 0 Å². The number of halogens is 1. The molecule has 0 aliphatic rings. The average molecular weight is 391 g/mol. The lowest BCUT2D eigenvalue weighted by Gasteiger charge is -2.32. The van der Waals surface area contributed by atoms with E-state index in [0.29, 0.717) is 4.90 Å². The van der Waals surface area contributed by atoms with Gasteiger partial charge in [-0.2, -0.15) is 4.90 Å². The van der Waals surface area contributed by atoms with Crippen molar-refractivity contribution in [3.8, 4) is 0 Å². The second-order valence-corrected chi connectivity index (χ2v) is 7.76. The normalized spacial score (nSPS) is 13.6. The van der Waals surface area contributed by atoms with Gasteiger partial charge in [0, 0.05) is 0 Å². The van der Waals surface area contributed by atoms with Crippen molar-refractivity contribution in [2.75, 3.05) is 13.7 Å². The molecule has 0 saturated carbocycles. The standard InChI is InChI=1S/C18H30FNO7/c1-17(2,3)26-15(23)20(16(24)27-18(4,5)6)13(14(22)25-7)10-8-9-12(19)11-21/h9,13,21H,8,10-11H2,1-7H3/t13-/m0/s1. The number of esters is 1. The lowest BCUT2D eigenvalue weighted by atomic mass is 10.1. The summed E-state index contributed by atoms with van der Waals surface area (Å²) in [6.07, 6.45) is -1.29. The van der Waals surface area contributed by atoms with Gasteiger partial charge in [-0.1, -0.05) is 6.08 Å². The summed E-state index contributed by atoms with van der Waals surface area (Å²) in [6, 6.07) is -1.39. The fraction of sp³-hybridized carbons (Fsp3) is 0.722. The van der Waals surface area contributed by atoms with Crippen LogP contribution in [0.15, 0.2) is 11.9 Å². The summed E-state index contributed by atoms with van der Waals surface area (Å²) in [5.74, 6) is -1.68. The first kappa shape index (κ1) is 24.8. The van der Waals surface area contributed by atoms with Gasteiger partial charge >= 0.3 is 18.2 Å². The molecule has 0 bridgehead atoms. The summed E-state index contributed by atoms with van der Waals surface area (Å²) in [4.78, 5) is 37.9. The van der Waals surface area contributed by atoms with Crippen molar-refractivity contribution in [3.05, 3.63) is 11.9 Å². The molecule has 0 radical (unpaired) electrons. The molecule has 0 spiro atoms. The Bertz CT molecular complexity index is 533. The second kappa shape index (κ2) is 10.2. The molecule has 0 aromatic carbocycles. The summed E-state index contributed by atoms with van der Waals surface area (Å²) in [5.41, 5.74) is -1.86. The van der Waals surface area contributed by atoms with E-state index in [2.05, 4.69) is 4.74 Å². The fourth-order valence-corrected chi connectivity index (χ4v) is 1.90.